The molecule has 0 aromatic rings. The lowest BCUT2D eigenvalue weighted by Crippen LogP contribution is -2.07. The van der Waals surface area contributed by atoms with Gasteiger partial charge in [0.15, 0.2) is 0 Å². The van der Waals surface area contributed by atoms with Crippen molar-refractivity contribution >= 4 is 6.72 Å². The highest BCUT2D eigenvalue weighted by atomic mass is 16.5. The number of aliphatic imine (C=N–C) groups is 1. The topological polar surface area (TPSA) is 21.6 Å². The van der Waals surface area contributed by atoms with Gasteiger partial charge in [-0.05, 0) is 13.6 Å². The van der Waals surface area contributed by atoms with Crippen LogP contribution in [-0.2, 0) is 4.74 Å². The molecule has 0 saturated carbocycles. The van der Waals surface area contributed by atoms with Crippen LogP contribution < -0.4 is 0 Å². The van der Waals surface area contributed by atoms with E-state index >= 15 is 0 Å². The fourth-order valence-electron chi connectivity index (χ4n) is 0.256. The quantitative estimate of drug-likeness (QED) is 0.480. The first kappa shape index (κ1) is 6.63. The average molecular weight is 101 g/mol. The lowest BCUT2D eigenvalue weighted by Gasteiger charge is -2.02. The molecular weight excluding hydrogens is 90.1 g/mol. The normalized spacial score (nSPS) is 13.4. The van der Waals surface area contributed by atoms with E-state index in [1.165, 1.54) is 0 Å². The first-order valence-electron chi connectivity index (χ1n) is 2.26. The van der Waals surface area contributed by atoms with Crippen molar-refractivity contribution in [2.75, 3.05) is 13.7 Å². The van der Waals surface area contributed by atoms with Crippen molar-refractivity contribution < 1.29 is 4.74 Å². The molecule has 0 rings (SSSR count). The molecule has 0 spiro atoms. The third-order valence-corrected chi connectivity index (χ3v) is 0.789. The summed E-state index contributed by atoms with van der Waals surface area (Å²) in [5, 5.41) is 0. The van der Waals surface area contributed by atoms with E-state index in [0.717, 1.165) is 0 Å². The molecule has 0 aromatic carbocycles. The number of hydrogen-bond acceptors (Lipinski definition) is 2. The van der Waals surface area contributed by atoms with Gasteiger partial charge in [-0.15, -0.1) is 0 Å². The van der Waals surface area contributed by atoms with E-state index in [1.54, 1.807) is 7.11 Å². The minimum absolute atomic E-state index is 0.220. The van der Waals surface area contributed by atoms with E-state index in [9.17, 15) is 0 Å². The van der Waals surface area contributed by atoms with E-state index in [0.29, 0.717) is 6.54 Å². The molecule has 0 aromatic heterocycles. The van der Waals surface area contributed by atoms with Crippen molar-refractivity contribution in [2.24, 2.45) is 4.99 Å². The lowest BCUT2D eigenvalue weighted by molar-refractivity contribution is 0.126. The molecule has 0 aliphatic rings. The average Bonchev–Trinajstić information content (AvgIpc) is 1.68. The summed E-state index contributed by atoms with van der Waals surface area (Å²) in [4.78, 5) is 3.63. The Bertz CT molecular complexity index is 54.0. The first-order chi connectivity index (χ1) is 3.31. The SMILES string of the molecule is C=NCC(C)OC. The molecule has 1 unspecified atom stereocenters. The van der Waals surface area contributed by atoms with Gasteiger partial charge in [-0.1, -0.05) is 0 Å². The minimum atomic E-state index is 0.220. The van der Waals surface area contributed by atoms with Gasteiger partial charge < -0.3 is 4.74 Å². The number of methoxy groups -OCH3 is 1. The van der Waals surface area contributed by atoms with Crippen molar-refractivity contribution in [3.63, 3.8) is 0 Å². The van der Waals surface area contributed by atoms with E-state index in [2.05, 4.69) is 11.7 Å². The highest BCUT2D eigenvalue weighted by Crippen LogP contribution is 1.84. The maximum atomic E-state index is 4.86. The Kier molecular flexibility index (Phi) is 3.61. The van der Waals surface area contributed by atoms with Crippen molar-refractivity contribution in [2.45, 2.75) is 13.0 Å². The fraction of sp³-hybridized carbons (Fsp3) is 0.800. The summed E-state index contributed by atoms with van der Waals surface area (Å²) >= 11 is 0. The minimum Gasteiger partial charge on any atom is -0.380 e. The molecule has 1 atom stereocenters. The van der Waals surface area contributed by atoms with Crippen LogP contribution in [0.3, 0.4) is 0 Å². The van der Waals surface area contributed by atoms with Crippen LogP contribution in [0.25, 0.3) is 0 Å². The monoisotopic (exact) mass is 101 g/mol. The zero-order valence-electron chi connectivity index (χ0n) is 4.85. The molecule has 0 aliphatic carbocycles. The van der Waals surface area contributed by atoms with Gasteiger partial charge in [0, 0.05) is 7.11 Å². The van der Waals surface area contributed by atoms with Gasteiger partial charge >= 0.3 is 0 Å². The van der Waals surface area contributed by atoms with Gasteiger partial charge in [0.05, 0.1) is 12.6 Å². The summed E-state index contributed by atoms with van der Waals surface area (Å²) in [6, 6.07) is 0. The van der Waals surface area contributed by atoms with E-state index < -0.39 is 0 Å². The number of hydrogen-bond donors (Lipinski definition) is 0. The zero-order valence-corrected chi connectivity index (χ0v) is 4.85. The fourth-order valence-corrected chi connectivity index (χ4v) is 0.256. The second-order valence-corrected chi connectivity index (χ2v) is 1.45. The summed E-state index contributed by atoms with van der Waals surface area (Å²) in [5.41, 5.74) is 0. The number of rotatable bonds is 3. The van der Waals surface area contributed by atoms with Crippen LogP contribution in [0.15, 0.2) is 4.99 Å². The summed E-state index contributed by atoms with van der Waals surface area (Å²) in [6.45, 7) is 5.96. The van der Waals surface area contributed by atoms with Crippen LogP contribution in [0.5, 0.6) is 0 Å². The van der Waals surface area contributed by atoms with E-state index in [-0.39, 0.29) is 6.10 Å². The van der Waals surface area contributed by atoms with Crippen molar-refractivity contribution in [3.05, 3.63) is 0 Å². The van der Waals surface area contributed by atoms with E-state index in [1.807, 2.05) is 6.92 Å². The predicted octanol–water partition coefficient (Wildman–Crippen LogP) is 0.722. The second-order valence-electron chi connectivity index (χ2n) is 1.45. The largest absolute Gasteiger partial charge is 0.380 e. The molecule has 0 bridgehead atoms. The van der Waals surface area contributed by atoms with Gasteiger partial charge in [-0.25, -0.2) is 0 Å². The van der Waals surface area contributed by atoms with Crippen molar-refractivity contribution in [3.8, 4) is 0 Å². The molecule has 0 amide bonds. The summed E-state index contributed by atoms with van der Waals surface area (Å²) in [7, 11) is 1.66. The molecule has 0 saturated heterocycles. The third kappa shape index (κ3) is 3.46. The van der Waals surface area contributed by atoms with Gasteiger partial charge in [-0.3, -0.25) is 4.99 Å². The molecular formula is C5H11NO. The van der Waals surface area contributed by atoms with Crippen LogP contribution in [0.2, 0.25) is 0 Å². The molecule has 0 heterocycles. The standard InChI is InChI=1S/C5H11NO/c1-5(7-3)4-6-2/h5H,2,4H2,1,3H3. The Balaban J connectivity index is 2.98. The third-order valence-electron chi connectivity index (χ3n) is 0.789. The lowest BCUT2D eigenvalue weighted by atomic mass is 10.4. The van der Waals surface area contributed by atoms with Crippen molar-refractivity contribution in [1.82, 2.24) is 0 Å². The number of ether oxygens (including phenoxy) is 1. The van der Waals surface area contributed by atoms with Crippen LogP contribution in [0.4, 0.5) is 0 Å². The molecule has 7 heavy (non-hydrogen) atoms. The highest BCUT2D eigenvalue weighted by Gasteiger charge is 1.91. The Morgan fingerprint density at radius 3 is 2.57 bits per heavy atom. The summed E-state index contributed by atoms with van der Waals surface area (Å²) < 4.78 is 4.86. The van der Waals surface area contributed by atoms with Crippen LogP contribution in [-0.4, -0.2) is 26.5 Å². The Morgan fingerprint density at radius 1 is 1.86 bits per heavy atom. The molecule has 0 radical (unpaired) electrons. The van der Waals surface area contributed by atoms with Crippen LogP contribution in [0.1, 0.15) is 6.92 Å². The van der Waals surface area contributed by atoms with Crippen LogP contribution in [0, 0.1) is 0 Å². The number of nitrogens with zero attached hydrogens (tertiary/aromatic N) is 1. The first-order valence-corrected chi connectivity index (χ1v) is 2.26. The summed E-state index contributed by atoms with van der Waals surface area (Å²) in [5.74, 6) is 0. The molecule has 0 fully saturated rings. The Morgan fingerprint density at radius 2 is 2.43 bits per heavy atom. The van der Waals surface area contributed by atoms with Gasteiger partial charge in [0.1, 0.15) is 0 Å². The second kappa shape index (κ2) is 3.81. The maximum absolute atomic E-state index is 4.86. The Hall–Kier alpha value is -0.370. The Labute approximate surface area is 44.2 Å². The smallest absolute Gasteiger partial charge is 0.0738 e. The molecule has 42 valence electrons. The van der Waals surface area contributed by atoms with E-state index in [4.69, 9.17) is 4.74 Å². The van der Waals surface area contributed by atoms with Gasteiger partial charge in [0.2, 0.25) is 0 Å². The molecule has 0 N–H and O–H groups in total. The van der Waals surface area contributed by atoms with Gasteiger partial charge in [0.25, 0.3) is 0 Å². The maximum Gasteiger partial charge on any atom is 0.0738 e. The predicted molar refractivity (Wildman–Crippen MR) is 30.9 cm³/mol. The van der Waals surface area contributed by atoms with Crippen molar-refractivity contribution in [1.29, 1.82) is 0 Å². The molecule has 2 nitrogen and oxygen atoms in total. The van der Waals surface area contributed by atoms with Gasteiger partial charge in [-0.2, -0.15) is 0 Å². The molecule has 2 heteroatoms. The van der Waals surface area contributed by atoms with Crippen LogP contribution >= 0.6 is 0 Å². The highest BCUT2D eigenvalue weighted by molar-refractivity contribution is 5.23. The zero-order chi connectivity index (χ0) is 5.70. The summed E-state index contributed by atoms with van der Waals surface area (Å²) in [6.07, 6.45) is 0.220. The molecule has 0 aliphatic heterocycles.